The van der Waals surface area contributed by atoms with Crippen molar-refractivity contribution in [3.63, 3.8) is 0 Å². The fourth-order valence-electron chi connectivity index (χ4n) is 2.31. The molecular weight excluding hydrogens is 360 g/mol. The molecule has 0 aromatic heterocycles. The van der Waals surface area contributed by atoms with E-state index in [4.69, 9.17) is 11.6 Å². The molecule has 0 atom stereocenters. The fraction of sp³-hybridized carbons (Fsp3) is 0.278. The van der Waals surface area contributed by atoms with E-state index in [2.05, 4.69) is 10.0 Å². The van der Waals surface area contributed by atoms with Gasteiger partial charge in [-0.25, -0.2) is 13.1 Å². The number of aryl methyl sites for hydroxylation is 1. The lowest BCUT2D eigenvalue weighted by atomic mass is 10.2. The van der Waals surface area contributed by atoms with E-state index in [0.717, 1.165) is 18.4 Å². The first kappa shape index (κ1) is 17.9. The highest BCUT2D eigenvalue weighted by atomic mass is 35.5. The Bertz CT molecular complexity index is 908. The largest absolute Gasteiger partial charge is 0.322 e. The van der Waals surface area contributed by atoms with Gasteiger partial charge in [-0.3, -0.25) is 4.79 Å². The monoisotopic (exact) mass is 378 g/mol. The lowest BCUT2D eigenvalue weighted by Gasteiger charge is -2.09. The van der Waals surface area contributed by atoms with E-state index >= 15 is 0 Å². The fourth-order valence-corrected chi connectivity index (χ4v) is 3.65. The van der Waals surface area contributed by atoms with E-state index in [0.29, 0.717) is 23.2 Å². The number of carbonyl (C=O) groups is 1. The molecule has 25 heavy (non-hydrogen) atoms. The minimum atomic E-state index is -3.61. The zero-order valence-electron chi connectivity index (χ0n) is 13.8. The number of hydrogen-bond donors (Lipinski definition) is 2. The van der Waals surface area contributed by atoms with Crippen molar-refractivity contribution in [2.24, 2.45) is 5.92 Å². The summed E-state index contributed by atoms with van der Waals surface area (Å²) in [6, 6.07) is 11.2. The normalized spacial score (nSPS) is 14.3. The maximum atomic E-state index is 12.4. The zero-order chi connectivity index (χ0) is 18.0. The van der Waals surface area contributed by atoms with Crippen LogP contribution in [-0.4, -0.2) is 20.9 Å². The molecule has 1 saturated carbocycles. The van der Waals surface area contributed by atoms with Gasteiger partial charge in [-0.15, -0.1) is 0 Å². The van der Waals surface area contributed by atoms with Crippen LogP contribution in [0.1, 0.15) is 28.8 Å². The molecule has 1 aliphatic carbocycles. The standard InChI is InChI=1S/C18H19ClN2O3S/c1-12-5-8-15(10-17(12)19)21-18(22)14-3-2-4-16(9-14)25(23,24)20-11-13-6-7-13/h2-5,8-10,13,20H,6-7,11H2,1H3,(H,21,22). The Morgan fingerprint density at radius 1 is 1.20 bits per heavy atom. The molecule has 0 radical (unpaired) electrons. The summed E-state index contributed by atoms with van der Waals surface area (Å²) < 4.78 is 27.2. The van der Waals surface area contributed by atoms with E-state index in [-0.39, 0.29) is 16.4 Å². The van der Waals surface area contributed by atoms with Gasteiger partial charge < -0.3 is 5.32 Å². The SMILES string of the molecule is Cc1ccc(NC(=O)c2cccc(S(=O)(=O)NCC3CC3)c2)cc1Cl. The molecule has 1 amide bonds. The molecule has 2 aromatic carbocycles. The average molecular weight is 379 g/mol. The number of carbonyl (C=O) groups excluding carboxylic acids is 1. The van der Waals surface area contributed by atoms with Crippen LogP contribution in [0.4, 0.5) is 5.69 Å². The van der Waals surface area contributed by atoms with E-state index < -0.39 is 10.0 Å². The van der Waals surface area contributed by atoms with E-state index in [1.807, 2.05) is 6.92 Å². The first-order chi connectivity index (χ1) is 11.8. The predicted octanol–water partition coefficient (Wildman–Crippen LogP) is 3.59. The van der Waals surface area contributed by atoms with Crippen LogP contribution >= 0.6 is 11.6 Å². The lowest BCUT2D eigenvalue weighted by molar-refractivity contribution is 0.102. The molecule has 5 nitrogen and oxygen atoms in total. The van der Waals surface area contributed by atoms with E-state index in [1.54, 1.807) is 30.3 Å². The predicted molar refractivity (Wildman–Crippen MR) is 98.5 cm³/mol. The Kier molecular flexibility index (Phi) is 5.13. The van der Waals surface area contributed by atoms with Gasteiger partial charge in [0.15, 0.2) is 0 Å². The number of halogens is 1. The van der Waals surface area contributed by atoms with Crippen molar-refractivity contribution in [3.8, 4) is 0 Å². The Balaban J connectivity index is 1.75. The molecule has 0 heterocycles. The molecule has 7 heteroatoms. The lowest BCUT2D eigenvalue weighted by Crippen LogP contribution is -2.26. The van der Waals surface area contributed by atoms with Crippen LogP contribution < -0.4 is 10.0 Å². The van der Waals surface area contributed by atoms with Crippen molar-refractivity contribution >= 4 is 33.2 Å². The van der Waals surface area contributed by atoms with Gasteiger partial charge in [0, 0.05) is 22.8 Å². The Labute approximate surface area is 152 Å². The minimum absolute atomic E-state index is 0.0859. The number of hydrogen-bond acceptors (Lipinski definition) is 3. The van der Waals surface area contributed by atoms with Crippen LogP contribution in [-0.2, 0) is 10.0 Å². The summed E-state index contributed by atoms with van der Waals surface area (Å²) in [6.45, 7) is 2.32. The minimum Gasteiger partial charge on any atom is -0.322 e. The number of sulfonamides is 1. The smallest absolute Gasteiger partial charge is 0.255 e. The van der Waals surface area contributed by atoms with Gasteiger partial charge in [0.1, 0.15) is 0 Å². The molecule has 1 fully saturated rings. The van der Waals surface area contributed by atoms with Gasteiger partial charge in [-0.2, -0.15) is 0 Å². The molecule has 3 rings (SSSR count). The average Bonchev–Trinajstić information content (AvgIpc) is 3.41. The number of nitrogens with one attached hydrogen (secondary N) is 2. The molecule has 0 aliphatic heterocycles. The molecule has 132 valence electrons. The van der Waals surface area contributed by atoms with Gasteiger partial charge in [-0.05, 0) is 61.6 Å². The van der Waals surface area contributed by atoms with Crippen molar-refractivity contribution in [3.05, 3.63) is 58.6 Å². The second-order valence-corrected chi connectivity index (χ2v) is 8.42. The summed E-state index contributed by atoms with van der Waals surface area (Å²) in [5, 5.41) is 3.28. The maximum Gasteiger partial charge on any atom is 0.255 e. The molecule has 0 saturated heterocycles. The topological polar surface area (TPSA) is 75.3 Å². The van der Waals surface area contributed by atoms with Crippen molar-refractivity contribution in [2.75, 3.05) is 11.9 Å². The third kappa shape index (κ3) is 4.60. The number of amides is 1. The van der Waals surface area contributed by atoms with Gasteiger partial charge in [0.05, 0.1) is 4.90 Å². The van der Waals surface area contributed by atoms with Crippen LogP contribution in [0.2, 0.25) is 5.02 Å². The second-order valence-electron chi connectivity index (χ2n) is 6.24. The summed E-state index contributed by atoms with van der Waals surface area (Å²) in [6.07, 6.45) is 2.12. The summed E-state index contributed by atoms with van der Waals surface area (Å²) in [5.41, 5.74) is 1.74. The number of anilines is 1. The van der Waals surface area contributed by atoms with Crippen molar-refractivity contribution in [2.45, 2.75) is 24.7 Å². The first-order valence-electron chi connectivity index (χ1n) is 8.02. The second kappa shape index (κ2) is 7.15. The van der Waals surface area contributed by atoms with Gasteiger partial charge >= 0.3 is 0 Å². The molecule has 1 aliphatic rings. The van der Waals surface area contributed by atoms with Gasteiger partial charge in [0.2, 0.25) is 10.0 Å². The van der Waals surface area contributed by atoms with Gasteiger partial charge in [0.25, 0.3) is 5.91 Å². The Morgan fingerprint density at radius 3 is 2.64 bits per heavy atom. The van der Waals surface area contributed by atoms with Crippen LogP contribution in [0.25, 0.3) is 0 Å². The summed E-state index contributed by atoms with van der Waals surface area (Å²) >= 11 is 6.05. The van der Waals surface area contributed by atoms with Crippen molar-refractivity contribution in [1.82, 2.24) is 4.72 Å². The Morgan fingerprint density at radius 2 is 1.96 bits per heavy atom. The highest BCUT2D eigenvalue weighted by molar-refractivity contribution is 7.89. The van der Waals surface area contributed by atoms with E-state index in [9.17, 15) is 13.2 Å². The quantitative estimate of drug-likeness (QED) is 0.806. The van der Waals surface area contributed by atoms with Crippen LogP contribution in [0, 0.1) is 12.8 Å². The Hall–Kier alpha value is -1.89. The first-order valence-corrected chi connectivity index (χ1v) is 9.88. The summed E-state index contributed by atoms with van der Waals surface area (Å²) in [5.74, 6) is 0.0479. The van der Waals surface area contributed by atoms with Gasteiger partial charge in [-0.1, -0.05) is 23.7 Å². The van der Waals surface area contributed by atoms with Crippen LogP contribution in [0.3, 0.4) is 0 Å². The highest BCUT2D eigenvalue weighted by Gasteiger charge is 2.24. The third-order valence-corrected chi connectivity index (χ3v) is 5.92. The van der Waals surface area contributed by atoms with Crippen molar-refractivity contribution < 1.29 is 13.2 Å². The zero-order valence-corrected chi connectivity index (χ0v) is 15.3. The van der Waals surface area contributed by atoms with Crippen LogP contribution in [0.15, 0.2) is 47.4 Å². The number of benzene rings is 2. The molecule has 0 bridgehead atoms. The molecule has 2 aromatic rings. The summed E-state index contributed by atoms with van der Waals surface area (Å²) in [4.78, 5) is 12.5. The van der Waals surface area contributed by atoms with E-state index in [1.165, 1.54) is 12.1 Å². The molecule has 0 unspecified atom stereocenters. The summed E-state index contributed by atoms with van der Waals surface area (Å²) in [7, 11) is -3.61. The molecule has 2 N–H and O–H groups in total. The van der Waals surface area contributed by atoms with Crippen LogP contribution in [0.5, 0.6) is 0 Å². The highest BCUT2D eigenvalue weighted by Crippen LogP contribution is 2.28. The molecular formula is C18H19ClN2O3S. The third-order valence-electron chi connectivity index (χ3n) is 4.10. The number of rotatable bonds is 6. The van der Waals surface area contributed by atoms with Crippen molar-refractivity contribution in [1.29, 1.82) is 0 Å². The molecule has 0 spiro atoms. The maximum absolute atomic E-state index is 12.4.